The number of unbranched alkanes of at least 4 members (excludes halogenated alkanes) is 2. The molecule has 0 aliphatic carbocycles. The predicted octanol–water partition coefficient (Wildman–Crippen LogP) is 2.24. The molecular weight excluding hydrogens is 232 g/mol. The van der Waals surface area contributed by atoms with Gasteiger partial charge in [-0.2, -0.15) is 0 Å². The first-order valence-corrected chi connectivity index (χ1v) is 6.24. The molecule has 1 rings (SSSR count). The number of nitrogens with two attached hydrogens (primary N) is 1. The summed E-state index contributed by atoms with van der Waals surface area (Å²) in [5, 5.41) is 2.88. The van der Waals surface area contributed by atoms with Gasteiger partial charge >= 0.3 is 0 Å². The SMILES string of the molecule is CCCCCNC(=O)c1cccc(C(N)=S)c1. The minimum absolute atomic E-state index is 0.0702. The van der Waals surface area contributed by atoms with Crippen LogP contribution in [0.25, 0.3) is 0 Å². The topological polar surface area (TPSA) is 55.1 Å². The number of nitrogens with one attached hydrogen (secondary N) is 1. The molecule has 0 saturated carbocycles. The summed E-state index contributed by atoms with van der Waals surface area (Å²) in [7, 11) is 0. The molecule has 1 aromatic rings. The molecule has 4 heteroatoms. The van der Waals surface area contributed by atoms with Gasteiger partial charge in [-0.3, -0.25) is 4.79 Å². The van der Waals surface area contributed by atoms with Crippen LogP contribution in [-0.4, -0.2) is 17.4 Å². The zero-order chi connectivity index (χ0) is 12.7. The highest BCUT2D eigenvalue weighted by Gasteiger charge is 2.06. The molecule has 17 heavy (non-hydrogen) atoms. The van der Waals surface area contributed by atoms with Crippen molar-refractivity contribution in [3.63, 3.8) is 0 Å². The van der Waals surface area contributed by atoms with E-state index in [4.69, 9.17) is 18.0 Å². The van der Waals surface area contributed by atoms with Crippen molar-refractivity contribution in [2.45, 2.75) is 26.2 Å². The fourth-order valence-corrected chi connectivity index (χ4v) is 1.62. The molecule has 92 valence electrons. The van der Waals surface area contributed by atoms with Gasteiger partial charge in [0.05, 0.1) is 0 Å². The first-order chi connectivity index (χ1) is 8.15. The Kier molecular flexibility index (Phi) is 5.63. The zero-order valence-electron chi connectivity index (χ0n) is 10.0. The standard InChI is InChI=1S/C13H18N2OS/c1-2-3-4-8-15-13(16)11-7-5-6-10(9-11)12(14)17/h5-7,9H,2-4,8H2,1H3,(H2,14,17)(H,15,16). The van der Waals surface area contributed by atoms with Gasteiger partial charge in [-0.25, -0.2) is 0 Å². The maximum Gasteiger partial charge on any atom is 0.251 e. The molecule has 0 aliphatic rings. The van der Waals surface area contributed by atoms with E-state index >= 15 is 0 Å². The predicted molar refractivity (Wildman–Crippen MR) is 74.2 cm³/mol. The average Bonchev–Trinajstić information content (AvgIpc) is 2.34. The normalized spacial score (nSPS) is 9.94. The van der Waals surface area contributed by atoms with E-state index in [9.17, 15) is 4.79 Å². The van der Waals surface area contributed by atoms with Gasteiger partial charge in [0.2, 0.25) is 0 Å². The van der Waals surface area contributed by atoms with Gasteiger partial charge in [-0.15, -0.1) is 0 Å². The van der Waals surface area contributed by atoms with E-state index in [1.165, 1.54) is 0 Å². The summed E-state index contributed by atoms with van der Waals surface area (Å²) in [6.45, 7) is 2.84. The summed E-state index contributed by atoms with van der Waals surface area (Å²) >= 11 is 4.88. The molecule has 0 spiro atoms. The number of carbonyl (C=O) groups excluding carboxylic acids is 1. The van der Waals surface area contributed by atoms with Crippen molar-refractivity contribution in [3.8, 4) is 0 Å². The van der Waals surface area contributed by atoms with E-state index in [1.807, 2.05) is 0 Å². The van der Waals surface area contributed by atoms with Crippen LogP contribution in [0.5, 0.6) is 0 Å². The van der Waals surface area contributed by atoms with Crippen molar-refractivity contribution in [3.05, 3.63) is 35.4 Å². The molecule has 0 aromatic heterocycles. The Bertz CT molecular complexity index is 404. The van der Waals surface area contributed by atoms with Gasteiger partial charge < -0.3 is 11.1 Å². The van der Waals surface area contributed by atoms with Crippen molar-refractivity contribution < 1.29 is 4.79 Å². The van der Waals surface area contributed by atoms with Crippen molar-refractivity contribution in [2.24, 2.45) is 5.73 Å². The van der Waals surface area contributed by atoms with Crippen LogP contribution in [0.15, 0.2) is 24.3 Å². The second-order valence-corrected chi connectivity index (χ2v) is 4.35. The number of carbonyl (C=O) groups is 1. The molecule has 0 fully saturated rings. The number of amides is 1. The maximum atomic E-state index is 11.8. The Morgan fingerprint density at radius 2 is 2.06 bits per heavy atom. The molecule has 0 bridgehead atoms. The summed E-state index contributed by atoms with van der Waals surface area (Å²) in [4.78, 5) is 12.1. The van der Waals surface area contributed by atoms with Crippen LogP contribution in [0.4, 0.5) is 0 Å². The largest absolute Gasteiger partial charge is 0.389 e. The summed E-state index contributed by atoms with van der Waals surface area (Å²) in [6, 6.07) is 7.07. The smallest absolute Gasteiger partial charge is 0.251 e. The molecule has 1 aromatic carbocycles. The molecule has 1 amide bonds. The minimum Gasteiger partial charge on any atom is -0.389 e. The zero-order valence-corrected chi connectivity index (χ0v) is 10.8. The van der Waals surface area contributed by atoms with E-state index < -0.39 is 0 Å². The Labute approximate surface area is 107 Å². The third kappa shape index (κ3) is 4.53. The highest BCUT2D eigenvalue weighted by atomic mass is 32.1. The monoisotopic (exact) mass is 250 g/mol. The quantitative estimate of drug-likeness (QED) is 0.601. The van der Waals surface area contributed by atoms with E-state index in [0.717, 1.165) is 24.8 Å². The lowest BCUT2D eigenvalue weighted by molar-refractivity contribution is 0.0953. The van der Waals surface area contributed by atoms with E-state index in [-0.39, 0.29) is 5.91 Å². The van der Waals surface area contributed by atoms with Gasteiger partial charge in [0.1, 0.15) is 4.99 Å². The maximum absolute atomic E-state index is 11.8. The molecular formula is C13H18N2OS. The number of hydrogen-bond acceptors (Lipinski definition) is 2. The summed E-state index contributed by atoms with van der Waals surface area (Å²) < 4.78 is 0. The number of hydrogen-bond donors (Lipinski definition) is 2. The minimum atomic E-state index is -0.0702. The van der Waals surface area contributed by atoms with E-state index in [1.54, 1.807) is 24.3 Å². The van der Waals surface area contributed by atoms with Crippen LogP contribution < -0.4 is 11.1 Å². The third-order valence-electron chi connectivity index (χ3n) is 2.48. The third-order valence-corrected chi connectivity index (χ3v) is 2.71. The first-order valence-electron chi connectivity index (χ1n) is 5.83. The molecule has 3 nitrogen and oxygen atoms in total. The molecule has 0 saturated heterocycles. The molecule has 3 N–H and O–H groups in total. The van der Waals surface area contributed by atoms with Gasteiger partial charge in [0.15, 0.2) is 0 Å². The number of thiocarbonyl (C=S) groups is 1. The van der Waals surface area contributed by atoms with Gasteiger partial charge in [-0.1, -0.05) is 44.1 Å². The van der Waals surface area contributed by atoms with E-state index in [2.05, 4.69) is 12.2 Å². The Morgan fingerprint density at radius 1 is 1.35 bits per heavy atom. The Morgan fingerprint density at radius 3 is 2.71 bits per heavy atom. The Hall–Kier alpha value is -1.42. The van der Waals surface area contributed by atoms with Crippen molar-refractivity contribution in [1.29, 1.82) is 0 Å². The van der Waals surface area contributed by atoms with Gasteiger partial charge in [-0.05, 0) is 18.6 Å². The van der Waals surface area contributed by atoms with Crippen LogP contribution in [0, 0.1) is 0 Å². The van der Waals surface area contributed by atoms with Crippen LogP contribution in [0.3, 0.4) is 0 Å². The Balaban J connectivity index is 2.56. The highest BCUT2D eigenvalue weighted by Crippen LogP contribution is 2.05. The van der Waals surface area contributed by atoms with Crippen molar-refractivity contribution in [1.82, 2.24) is 5.32 Å². The second-order valence-electron chi connectivity index (χ2n) is 3.91. The van der Waals surface area contributed by atoms with Gasteiger partial charge in [0, 0.05) is 17.7 Å². The van der Waals surface area contributed by atoms with Crippen LogP contribution in [0.2, 0.25) is 0 Å². The van der Waals surface area contributed by atoms with Crippen LogP contribution in [-0.2, 0) is 0 Å². The second kappa shape index (κ2) is 7.01. The van der Waals surface area contributed by atoms with Crippen molar-refractivity contribution in [2.75, 3.05) is 6.54 Å². The van der Waals surface area contributed by atoms with E-state index in [0.29, 0.717) is 17.1 Å². The van der Waals surface area contributed by atoms with Crippen molar-refractivity contribution >= 4 is 23.1 Å². The van der Waals surface area contributed by atoms with Gasteiger partial charge in [0.25, 0.3) is 5.91 Å². The molecule has 0 heterocycles. The first kappa shape index (κ1) is 13.6. The lowest BCUT2D eigenvalue weighted by Crippen LogP contribution is -2.24. The molecule has 0 aliphatic heterocycles. The highest BCUT2D eigenvalue weighted by molar-refractivity contribution is 7.80. The number of rotatable bonds is 6. The summed E-state index contributed by atoms with van der Waals surface area (Å²) in [5.41, 5.74) is 6.85. The summed E-state index contributed by atoms with van der Waals surface area (Å²) in [5.74, 6) is -0.0702. The lowest BCUT2D eigenvalue weighted by atomic mass is 10.1. The fourth-order valence-electron chi connectivity index (χ4n) is 1.49. The molecule has 0 unspecified atom stereocenters. The summed E-state index contributed by atoms with van der Waals surface area (Å²) in [6.07, 6.45) is 3.29. The molecule has 0 atom stereocenters. The number of benzene rings is 1. The van der Waals surface area contributed by atoms with Crippen LogP contribution >= 0.6 is 12.2 Å². The fraction of sp³-hybridized carbons (Fsp3) is 0.385. The average molecular weight is 250 g/mol. The van der Waals surface area contributed by atoms with Crippen LogP contribution in [0.1, 0.15) is 42.1 Å². The lowest BCUT2D eigenvalue weighted by Gasteiger charge is -2.06. The molecule has 0 radical (unpaired) electrons.